The van der Waals surface area contributed by atoms with Crippen molar-refractivity contribution in [2.24, 2.45) is 0 Å². The third-order valence-electron chi connectivity index (χ3n) is 5.63. The average molecular weight is 473 g/mol. The minimum atomic E-state index is -0.353. The van der Waals surface area contributed by atoms with Gasteiger partial charge >= 0.3 is 0 Å². The maximum Gasteiger partial charge on any atom is 0.185 e. The molecule has 3 nitrogen and oxygen atoms in total. The largest absolute Gasteiger partial charge is 0.494 e. The highest BCUT2D eigenvalue weighted by Crippen LogP contribution is 2.16. The molecule has 0 N–H and O–H groups in total. The Kier molecular flexibility index (Phi) is 10.8. The van der Waals surface area contributed by atoms with E-state index in [2.05, 4.69) is 6.58 Å². The first kappa shape index (κ1) is 26.0. The molecular formula is C31H33FO3. The van der Waals surface area contributed by atoms with Gasteiger partial charge in [-0.25, -0.2) is 4.39 Å². The number of halogens is 1. The number of rotatable bonds is 15. The van der Waals surface area contributed by atoms with Crippen LogP contribution in [0, 0.1) is 5.82 Å². The molecule has 0 bridgehead atoms. The molecule has 0 radical (unpaired) electrons. The molecule has 0 fully saturated rings. The number of hydrogen-bond acceptors (Lipinski definition) is 3. The number of carbonyl (C=O) groups is 1. The predicted molar refractivity (Wildman–Crippen MR) is 141 cm³/mol. The van der Waals surface area contributed by atoms with Crippen molar-refractivity contribution in [2.45, 2.75) is 38.5 Å². The van der Waals surface area contributed by atoms with Crippen LogP contribution in [0.15, 0.2) is 85.5 Å². The van der Waals surface area contributed by atoms with Crippen LogP contribution in [0.1, 0.15) is 60.0 Å². The van der Waals surface area contributed by atoms with E-state index in [0.717, 1.165) is 48.5 Å². The Hall–Kier alpha value is -3.66. The summed E-state index contributed by atoms with van der Waals surface area (Å²) in [6.45, 7) is 5.20. The Morgan fingerprint density at radius 2 is 1.17 bits per heavy atom. The van der Waals surface area contributed by atoms with Gasteiger partial charge in [-0.15, -0.1) is 0 Å². The van der Waals surface area contributed by atoms with Gasteiger partial charge in [-0.3, -0.25) is 4.79 Å². The molecule has 0 saturated heterocycles. The SMILES string of the molecule is C=Cc1ccc(OCCCCCCCCOc2ccc(C=CC(=O)c3ccc(F)cc3)cc2)cc1. The molecule has 0 spiro atoms. The lowest BCUT2D eigenvalue weighted by atomic mass is 10.1. The minimum Gasteiger partial charge on any atom is -0.494 e. The quantitative estimate of drug-likeness (QED) is 0.127. The molecule has 0 aliphatic heterocycles. The normalized spacial score (nSPS) is 10.9. The fourth-order valence-corrected chi connectivity index (χ4v) is 3.55. The van der Waals surface area contributed by atoms with E-state index in [1.165, 1.54) is 49.6 Å². The highest BCUT2D eigenvalue weighted by Gasteiger charge is 2.02. The van der Waals surface area contributed by atoms with Gasteiger partial charge in [0.2, 0.25) is 0 Å². The minimum absolute atomic E-state index is 0.156. The molecule has 0 amide bonds. The second-order valence-electron chi connectivity index (χ2n) is 8.36. The lowest BCUT2D eigenvalue weighted by Gasteiger charge is -2.07. The molecule has 0 aromatic heterocycles. The number of unbranched alkanes of at least 4 members (excludes halogenated alkanes) is 5. The van der Waals surface area contributed by atoms with E-state index in [9.17, 15) is 9.18 Å². The van der Waals surface area contributed by atoms with Crippen LogP contribution in [0.25, 0.3) is 12.2 Å². The Morgan fingerprint density at radius 3 is 1.69 bits per heavy atom. The van der Waals surface area contributed by atoms with Crippen LogP contribution >= 0.6 is 0 Å². The average Bonchev–Trinajstić information content (AvgIpc) is 2.89. The van der Waals surface area contributed by atoms with Crippen molar-refractivity contribution in [3.63, 3.8) is 0 Å². The monoisotopic (exact) mass is 472 g/mol. The first-order valence-electron chi connectivity index (χ1n) is 12.2. The van der Waals surface area contributed by atoms with Crippen molar-refractivity contribution in [3.05, 3.63) is 108 Å². The number of allylic oxidation sites excluding steroid dienone is 1. The van der Waals surface area contributed by atoms with Crippen LogP contribution in [0.2, 0.25) is 0 Å². The number of ether oxygens (including phenoxy) is 2. The lowest BCUT2D eigenvalue weighted by Crippen LogP contribution is -1.98. The van der Waals surface area contributed by atoms with Crippen LogP contribution in [0.4, 0.5) is 4.39 Å². The molecule has 3 rings (SSSR count). The second-order valence-corrected chi connectivity index (χ2v) is 8.36. The molecule has 0 unspecified atom stereocenters. The van der Waals surface area contributed by atoms with Gasteiger partial charge < -0.3 is 9.47 Å². The Balaban J connectivity index is 1.22. The third kappa shape index (κ3) is 9.62. The molecule has 3 aromatic rings. The van der Waals surface area contributed by atoms with Crippen molar-refractivity contribution < 1.29 is 18.7 Å². The van der Waals surface area contributed by atoms with E-state index in [1.54, 1.807) is 6.08 Å². The predicted octanol–water partition coefficient (Wildman–Crippen LogP) is 8.16. The molecule has 3 aromatic carbocycles. The molecular weight excluding hydrogens is 439 g/mol. The number of carbonyl (C=O) groups excluding carboxylic acids is 1. The van der Waals surface area contributed by atoms with Crippen molar-refractivity contribution >= 4 is 17.9 Å². The fourth-order valence-electron chi connectivity index (χ4n) is 3.55. The van der Waals surface area contributed by atoms with E-state index in [0.29, 0.717) is 12.2 Å². The summed E-state index contributed by atoms with van der Waals surface area (Å²) in [4.78, 5) is 12.1. The number of ketones is 1. The molecule has 0 heterocycles. The summed E-state index contributed by atoms with van der Waals surface area (Å²) in [5.41, 5.74) is 2.47. The van der Waals surface area contributed by atoms with Crippen LogP contribution in [0.5, 0.6) is 11.5 Å². The fraction of sp³-hybridized carbons (Fsp3) is 0.258. The molecule has 0 saturated carbocycles. The highest BCUT2D eigenvalue weighted by molar-refractivity contribution is 6.06. The van der Waals surface area contributed by atoms with Gasteiger partial charge in [0.1, 0.15) is 17.3 Å². The Morgan fingerprint density at radius 1 is 0.686 bits per heavy atom. The van der Waals surface area contributed by atoms with Gasteiger partial charge in [-0.05, 0) is 78.6 Å². The summed E-state index contributed by atoms with van der Waals surface area (Å²) < 4.78 is 24.6. The molecule has 35 heavy (non-hydrogen) atoms. The van der Waals surface area contributed by atoms with Crippen molar-refractivity contribution in [2.75, 3.05) is 13.2 Å². The summed E-state index contributed by atoms with van der Waals surface area (Å²) in [7, 11) is 0. The maximum absolute atomic E-state index is 13.0. The van der Waals surface area contributed by atoms with Crippen LogP contribution in [-0.4, -0.2) is 19.0 Å². The van der Waals surface area contributed by atoms with E-state index < -0.39 is 0 Å². The van der Waals surface area contributed by atoms with E-state index >= 15 is 0 Å². The molecule has 4 heteroatoms. The van der Waals surface area contributed by atoms with E-state index in [-0.39, 0.29) is 11.6 Å². The van der Waals surface area contributed by atoms with E-state index in [4.69, 9.17) is 9.47 Å². The highest BCUT2D eigenvalue weighted by atomic mass is 19.1. The molecule has 0 aliphatic rings. The van der Waals surface area contributed by atoms with Gasteiger partial charge in [0.05, 0.1) is 13.2 Å². The maximum atomic E-state index is 13.0. The standard InChI is InChI=1S/C31H33FO3/c1-2-25-9-18-29(19-10-25)34-23-7-5-3-4-6-8-24-35-30-20-11-26(12-21-30)13-22-31(33)27-14-16-28(32)17-15-27/h2,9-22H,1,3-8,23-24H2. The molecule has 0 atom stereocenters. The summed E-state index contributed by atoms with van der Waals surface area (Å²) in [6, 6.07) is 21.2. The van der Waals surface area contributed by atoms with Gasteiger partial charge in [-0.1, -0.05) is 68.7 Å². The van der Waals surface area contributed by atoms with Crippen LogP contribution in [0.3, 0.4) is 0 Å². The van der Waals surface area contributed by atoms with E-state index in [1.807, 2.05) is 54.6 Å². The molecule has 0 aliphatic carbocycles. The smallest absolute Gasteiger partial charge is 0.185 e. The van der Waals surface area contributed by atoms with Gasteiger partial charge in [-0.2, -0.15) is 0 Å². The van der Waals surface area contributed by atoms with Gasteiger partial charge in [0, 0.05) is 5.56 Å². The topological polar surface area (TPSA) is 35.5 Å². The lowest BCUT2D eigenvalue weighted by molar-refractivity contribution is 0.104. The van der Waals surface area contributed by atoms with Crippen LogP contribution < -0.4 is 9.47 Å². The van der Waals surface area contributed by atoms with Gasteiger partial charge in [0.25, 0.3) is 0 Å². The summed E-state index contributed by atoms with van der Waals surface area (Å²) in [6.07, 6.45) is 11.9. The summed E-state index contributed by atoms with van der Waals surface area (Å²) >= 11 is 0. The molecule has 182 valence electrons. The Bertz CT molecular complexity index is 1070. The van der Waals surface area contributed by atoms with Crippen molar-refractivity contribution in [3.8, 4) is 11.5 Å². The van der Waals surface area contributed by atoms with Gasteiger partial charge in [0.15, 0.2) is 5.78 Å². The van der Waals surface area contributed by atoms with Crippen molar-refractivity contribution in [1.82, 2.24) is 0 Å². The first-order chi connectivity index (χ1) is 17.1. The second kappa shape index (κ2) is 14.6. The third-order valence-corrected chi connectivity index (χ3v) is 5.63. The zero-order valence-corrected chi connectivity index (χ0v) is 20.1. The summed E-state index contributed by atoms with van der Waals surface area (Å²) in [5, 5.41) is 0. The van der Waals surface area contributed by atoms with Crippen molar-refractivity contribution in [1.29, 1.82) is 0 Å². The number of hydrogen-bond donors (Lipinski definition) is 0. The Labute approximate surface area is 207 Å². The zero-order chi connectivity index (χ0) is 24.7. The number of benzene rings is 3. The zero-order valence-electron chi connectivity index (χ0n) is 20.1. The summed E-state index contributed by atoms with van der Waals surface area (Å²) in [5.74, 6) is 1.23. The first-order valence-corrected chi connectivity index (χ1v) is 12.2. The van der Waals surface area contributed by atoms with Crippen LogP contribution in [-0.2, 0) is 0 Å².